The normalized spacial score (nSPS) is 30.1. The second-order valence-corrected chi connectivity index (χ2v) is 11.7. The Labute approximate surface area is 215 Å². The molecule has 1 heterocycles. The van der Waals surface area contributed by atoms with E-state index in [0.717, 1.165) is 73.5 Å². The van der Waals surface area contributed by atoms with Gasteiger partial charge in [-0.15, -0.1) is 0 Å². The molecule has 4 fully saturated rings. The Kier molecular flexibility index (Phi) is 6.13. The van der Waals surface area contributed by atoms with Gasteiger partial charge in [-0.2, -0.15) is 0 Å². The number of aryl methyl sites for hydroxylation is 1. The fourth-order valence-electron chi connectivity index (χ4n) is 8.12. The number of amides is 1. The lowest BCUT2D eigenvalue weighted by Crippen LogP contribution is -2.56. The van der Waals surface area contributed by atoms with Crippen LogP contribution in [0.4, 0.5) is 0 Å². The topological polar surface area (TPSA) is 48.0 Å². The Morgan fingerprint density at radius 1 is 0.944 bits per heavy atom. The van der Waals surface area contributed by atoms with Gasteiger partial charge < -0.3 is 19.1 Å². The van der Waals surface area contributed by atoms with E-state index in [2.05, 4.69) is 36.1 Å². The minimum Gasteiger partial charge on any atom is -0.493 e. The molecule has 7 rings (SSSR count). The molecule has 0 N–H and O–H groups in total. The molecular formula is C31H39NO4. The summed E-state index contributed by atoms with van der Waals surface area (Å²) in [5.74, 6) is 4.90. The van der Waals surface area contributed by atoms with Crippen molar-refractivity contribution in [2.75, 3.05) is 27.4 Å². The van der Waals surface area contributed by atoms with Crippen LogP contribution < -0.4 is 14.2 Å². The van der Waals surface area contributed by atoms with Gasteiger partial charge in [-0.1, -0.05) is 19.1 Å². The lowest BCUT2D eigenvalue weighted by Gasteiger charge is -2.57. The summed E-state index contributed by atoms with van der Waals surface area (Å²) in [4.78, 5) is 16.6. The fraction of sp³-hybridized carbons (Fsp3) is 0.581. The van der Waals surface area contributed by atoms with Crippen LogP contribution in [0.15, 0.2) is 36.4 Å². The number of nitrogens with zero attached hydrogens (tertiary/aromatic N) is 1. The first-order valence-electron chi connectivity index (χ1n) is 13.8. The summed E-state index contributed by atoms with van der Waals surface area (Å²) in [5.41, 5.74) is 3.48. The summed E-state index contributed by atoms with van der Waals surface area (Å²) in [5, 5.41) is 0. The van der Waals surface area contributed by atoms with Crippen LogP contribution in [0.5, 0.6) is 17.2 Å². The van der Waals surface area contributed by atoms with Crippen LogP contribution in [0.3, 0.4) is 0 Å². The van der Waals surface area contributed by atoms with Gasteiger partial charge in [0.15, 0.2) is 11.5 Å². The smallest absolute Gasteiger partial charge is 0.229 e. The Balaban J connectivity index is 1.33. The van der Waals surface area contributed by atoms with Crippen LogP contribution in [0, 0.1) is 23.2 Å². The quantitative estimate of drug-likeness (QED) is 0.480. The van der Waals surface area contributed by atoms with Crippen molar-refractivity contribution in [1.29, 1.82) is 0 Å². The summed E-state index contributed by atoms with van der Waals surface area (Å²) >= 11 is 0. The molecule has 0 aromatic heterocycles. The van der Waals surface area contributed by atoms with E-state index in [4.69, 9.17) is 14.2 Å². The van der Waals surface area contributed by atoms with Gasteiger partial charge in [-0.3, -0.25) is 4.79 Å². The van der Waals surface area contributed by atoms with E-state index < -0.39 is 0 Å². The minimum atomic E-state index is -0.163. The molecule has 0 unspecified atom stereocenters. The molecule has 0 spiro atoms. The zero-order valence-electron chi connectivity index (χ0n) is 21.9. The third-order valence-corrected chi connectivity index (χ3v) is 9.49. The SMILES string of the molecule is CCc1ccc(OC[C@@H]2c3cc(OC)c(OC)cc3CCN2C(=O)C23CC4CC(CC(C4)C2)C3)cc1. The molecule has 5 aliphatic rings. The Morgan fingerprint density at radius 3 is 2.14 bits per heavy atom. The summed E-state index contributed by atoms with van der Waals surface area (Å²) in [6.07, 6.45) is 9.10. The maximum absolute atomic E-state index is 14.5. The van der Waals surface area contributed by atoms with Crippen molar-refractivity contribution >= 4 is 5.91 Å². The highest BCUT2D eigenvalue weighted by Gasteiger charge is 2.56. The van der Waals surface area contributed by atoms with Gasteiger partial charge in [0.1, 0.15) is 12.4 Å². The number of methoxy groups -OCH3 is 2. The standard InChI is InChI=1S/C31H39NO4/c1-4-20-5-7-25(8-6-20)36-19-27-26-15-29(35-3)28(34-2)14-24(26)9-10-32(27)30(33)31-16-21-11-22(17-31)13-23(12-21)18-31/h5-8,14-15,21-23,27H,4,9-13,16-19H2,1-3H3/t21?,22?,23?,27-,31?/m1/s1. The zero-order chi connectivity index (χ0) is 24.9. The van der Waals surface area contributed by atoms with Gasteiger partial charge in [0, 0.05) is 6.54 Å². The maximum atomic E-state index is 14.5. The molecule has 36 heavy (non-hydrogen) atoms. The number of benzene rings is 2. The molecule has 1 amide bonds. The van der Waals surface area contributed by atoms with Crippen LogP contribution in [0.25, 0.3) is 0 Å². The number of carbonyl (C=O) groups is 1. The highest BCUT2D eigenvalue weighted by molar-refractivity contribution is 5.84. The first kappa shape index (κ1) is 23.7. The molecular weight excluding hydrogens is 450 g/mol. The van der Waals surface area contributed by atoms with Crippen LogP contribution in [-0.4, -0.2) is 38.2 Å². The van der Waals surface area contributed by atoms with Gasteiger partial charge in [0.25, 0.3) is 0 Å². The molecule has 1 aliphatic heterocycles. The van der Waals surface area contributed by atoms with Gasteiger partial charge in [-0.05, 0) is 110 Å². The van der Waals surface area contributed by atoms with Crippen molar-refractivity contribution in [2.45, 2.75) is 64.3 Å². The lowest BCUT2D eigenvalue weighted by molar-refractivity contribution is -0.161. The van der Waals surface area contributed by atoms with E-state index in [0.29, 0.717) is 18.3 Å². The number of ether oxygens (including phenoxy) is 3. The van der Waals surface area contributed by atoms with Gasteiger partial charge >= 0.3 is 0 Å². The average molecular weight is 490 g/mol. The Bertz CT molecular complexity index is 1090. The van der Waals surface area contributed by atoms with E-state index >= 15 is 0 Å². The molecule has 2 aromatic rings. The number of hydrogen-bond donors (Lipinski definition) is 0. The van der Waals surface area contributed by atoms with Crippen molar-refractivity contribution in [3.63, 3.8) is 0 Å². The van der Waals surface area contributed by atoms with E-state index in [-0.39, 0.29) is 11.5 Å². The summed E-state index contributed by atoms with van der Waals surface area (Å²) < 4.78 is 17.6. The molecule has 5 nitrogen and oxygen atoms in total. The summed E-state index contributed by atoms with van der Waals surface area (Å²) in [6.45, 7) is 3.32. The van der Waals surface area contributed by atoms with Crippen LogP contribution in [0.2, 0.25) is 0 Å². The molecule has 4 aliphatic carbocycles. The number of carbonyl (C=O) groups excluding carboxylic acids is 1. The van der Waals surface area contributed by atoms with E-state index in [1.807, 2.05) is 12.1 Å². The second kappa shape index (κ2) is 9.32. The predicted molar refractivity (Wildman–Crippen MR) is 140 cm³/mol. The Morgan fingerprint density at radius 2 is 1.56 bits per heavy atom. The summed E-state index contributed by atoms with van der Waals surface area (Å²) in [7, 11) is 3.35. The van der Waals surface area contributed by atoms with E-state index in [1.165, 1.54) is 30.4 Å². The highest BCUT2D eigenvalue weighted by atomic mass is 16.5. The maximum Gasteiger partial charge on any atom is 0.229 e. The number of rotatable bonds is 7. The molecule has 0 radical (unpaired) electrons. The third kappa shape index (κ3) is 4.05. The van der Waals surface area contributed by atoms with E-state index in [1.54, 1.807) is 14.2 Å². The number of hydrogen-bond acceptors (Lipinski definition) is 4. The van der Waals surface area contributed by atoms with Crippen molar-refractivity contribution in [2.24, 2.45) is 23.2 Å². The van der Waals surface area contributed by atoms with Crippen LogP contribution in [-0.2, 0) is 17.6 Å². The second-order valence-electron chi connectivity index (χ2n) is 11.7. The van der Waals surface area contributed by atoms with Crippen LogP contribution in [0.1, 0.15) is 68.2 Å². The molecule has 4 bridgehead atoms. The zero-order valence-corrected chi connectivity index (χ0v) is 21.9. The van der Waals surface area contributed by atoms with Crippen molar-refractivity contribution in [3.8, 4) is 17.2 Å². The minimum absolute atomic E-state index is 0.139. The fourth-order valence-corrected chi connectivity index (χ4v) is 8.12. The van der Waals surface area contributed by atoms with Gasteiger partial charge in [0.05, 0.1) is 25.7 Å². The first-order valence-corrected chi connectivity index (χ1v) is 13.8. The van der Waals surface area contributed by atoms with Gasteiger partial charge in [-0.25, -0.2) is 0 Å². The Hall–Kier alpha value is -2.69. The lowest BCUT2D eigenvalue weighted by atomic mass is 9.49. The van der Waals surface area contributed by atoms with Crippen molar-refractivity contribution < 1.29 is 19.0 Å². The van der Waals surface area contributed by atoms with Crippen molar-refractivity contribution in [3.05, 3.63) is 53.1 Å². The highest BCUT2D eigenvalue weighted by Crippen LogP contribution is 2.61. The molecule has 192 valence electrons. The summed E-state index contributed by atoms with van der Waals surface area (Å²) in [6, 6.07) is 12.3. The predicted octanol–water partition coefficient (Wildman–Crippen LogP) is 5.99. The molecule has 1 atom stereocenters. The van der Waals surface area contributed by atoms with Crippen molar-refractivity contribution in [1.82, 2.24) is 4.90 Å². The molecule has 5 heteroatoms. The first-order chi connectivity index (χ1) is 17.5. The molecule has 2 aromatic carbocycles. The molecule has 0 saturated heterocycles. The number of fused-ring (bicyclic) bond motifs is 1. The molecule has 4 saturated carbocycles. The largest absolute Gasteiger partial charge is 0.493 e. The van der Waals surface area contributed by atoms with E-state index in [9.17, 15) is 4.79 Å². The average Bonchev–Trinajstić information content (AvgIpc) is 2.90. The van der Waals surface area contributed by atoms with Crippen LogP contribution >= 0.6 is 0 Å². The van der Waals surface area contributed by atoms with Gasteiger partial charge in [0.2, 0.25) is 5.91 Å². The monoisotopic (exact) mass is 489 g/mol. The third-order valence-electron chi connectivity index (χ3n) is 9.49.